The maximum atomic E-state index is 12.9. The minimum atomic E-state index is -0.966. The van der Waals surface area contributed by atoms with E-state index in [9.17, 15) is 24.8 Å². The second kappa shape index (κ2) is 8.92. The number of carbonyl (C=O) groups is 2. The van der Waals surface area contributed by atoms with Gasteiger partial charge in [-0.3, -0.25) is 14.9 Å². The number of nitrogens with zero attached hydrogens (tertiary/aromatic N) is 1. The maximum Gasteiger partial charge on any atom is 0.335 e. The number of Topliss-reactive ketones (excluding diaryl/α,β-unsaturated/α-hetero) is 1. The number of aromatic carboxylic acids is 1. The van der Waals surface area contributed by atoms with Crippen molar-refractivity contribution in [1.29, 1.82) is 0 Å². The number of hydrogen-bond donors (Lipinski definition) is 1. The van der Waals surface area contributed by atoms with Crippen LogP contribution in [0.3, 0.4) is 0 Å². The largest absolute Gasteiger partial charge is 0.478 e. The Balaban J connectivity index is 1.95. The van der Waals surface area contributed by atoms with E-state index >= 15 is 0 Å². The number of aryl methyl sites for hydroxylation is 2. The van der Waals surface area contributed by atoms with Gasteiger partial charge in [-0.05, 0) is 78.8 Å². The third kappa shape index (κ3) is 4.69. The summed E-state index contributed by atoms with van der Waals surface area (Å²) in [5.41, 5.74) is 6.25. The van der Waals surface area contributed by atoms with Crippen LogP contribution >= 0.6 is 0 Å². The SMILES string of the molecule is Cc1cc(C)c(Cc2ccccc2C(=O)O)c(C)c1CC(=O)c1ccc([N+](=O)[O-])cc1. The molecule has 0 unspecified atom stereocenters. The van der Waals surface area contributed by atoms with E-state index in [4.69, 9.17) is 0 Å². The summed E-state index contributed by atoms with van der Waals surface area (Å²) in [6, 6.07) is 14.6. The van der Waals surface area contributed by atoms with Gasteiger partial charge in [-0.2, -0.15) is 0 Å². The predicted molar refractivity (Wildman–Crippen MR) is 118 cm³/mol. The van der Waals surface area contributed by atoms with E-state index in [0.29, 0.717) is 12.0 Å². The molecule has 6 nitrogen and oxygen atoms in total. The number of hydrogen-bond acceptors (Lipinski definition) is 4. The standard InChI is InChI=1S/C25H23NO5/c1-15-12-16(2)23(14-24(27)18-8-10-20(11-9-18)26(30)31)17(3)22(15)13-19-6-4-5-7-21(19)25(28)29/h4-12H,13-14H2,1-3H3,(H,28,29). The topological polar surface area (TPSA) is 97.5 Å². The summed E-state index contributed by atoms with van der Waals surface area (Å²) in [5, 5.41) is 20.3. The van der Waals surface area contributed by atoms with Gasteiger partial charge in [0.2, 0.25) is 0 Å². The molecule has 0 aliphatic carbocycles. The highest BCUT2D eigenvalue weighted by Gasteiger charge is 2.18. The quantitative estimate of drug-likeness (QED) is 0.322. The van der Waals surface area contributed by atoms with Gasteiger partial charge < -0.3 is 5.11 Å². The molecule has 0 atom stereocenters. The molecule has 0 aliphatic rings. The summed E-state index contributed by atoms with van der Waals surface area (Å²) in [6.45, 7) is 5.89. The Morgan fingerprint density at radius 3 is 2.16 bits per heavy atom. The van der Waals surface area contributed by atoms with Crippen molar-refractivity contribution in [3.05, 3.63) is 109 Å². The summed E-state index contributed by atoms with van der Waals surface area (Å²) in [7, 11) is 0. The molecular weight excluding hydrogens is 394 g/mol. The summed E-state index contributed by atoms with van der Waals surface area (Å²) in [5.74, 6) is -1.09. The molecule has 158 valence electrons. The van der Waals surface area contributed by atoms with Crippen molar-refractivity contribution in [1.82, 2.24) is 0 Å². The van der Waals surface area contributed by atoms with Crippen LogP contribution in [-0.4, -0.2) is 21.8 Å². The third-order valence-electron chi connectivity index (χ3n) is 5.64. The van der Waals surface area contributed by atoms with Crippen LogP contribution in [0.25, 0.3) is 0 Å². The first-order valence-electron chi connectivity index (χ1n) is 9.86. The monoisotopic (exact) mass is 417 g/mol. The summed E-state index contributed by atoms with van der Waals surface area (Å²) in [4.78, 5) is 34.8. The van der Waals surface area contributed by atoms with Gasteiger partial charge in [0.15, 0.2) is 5.78 Å². The number of ketones is 1. The Morgan fingerprint density at radius 2 is 1.55 bits per heavy atom. The highest BCUT2D eigenvalue weighted by Crippen LogP contribution is 2.27. The number of carbonyl (C=O) groups excluding carboxylic acids is 1. The van der Waals surface area contributed by atoms with Gasteiger partial charge in [0.25, 0.3) is 5.69 Å². The van der Waals surface area contributed by atoms with Gasteiger partial charge in [-0.25, -0.2) is 4.79 Å². The van der Waals surface area contributed by atoms with Crippen LogP contribution in [0, 0.1) is 30.9 Å². The molecule has 0 amide bonds. The summed E-state index contributed by atoms with van der Waals surface area (Å²) >= 11 is 0. The summed E-state index contributed by atoms with van der Waals surface area (Å²) in [6.07, 6.45) is 0.627. The third-order valence-corrected chi connectivity index (χ3v) is 5.64. The van der Waals surface area contributed by atoms with Gasteiger partial charge in [-0.1, -0.05) is 24.3 Å². The van der Waals surface area contributed by atoms with Crippen molar-refractivity contribution in [2.45, 2.75) is 33.6 Å². The van der Waals surface area contributed by atoms with E-state index in [0.717, 1.165) is 33.4 Å². The number of carboxylic acid groups (broad SMARTS) is 1. The van der Waals surface area contributed by atoms with E-state index in [1.54, 1.807) is 12.1 Å². The lowest BCUT2D eigenvalue weighted by molar-refractivity contribution is -0.384. The lowest BCUT2D eigenvalue weighted by Gasteiger charge is -2.18. The van der Waals surface area contributed by atoms with Crippen LogP contribution in [0.1, 0.15) is 54.1 Å². The molecule has 0 spiro atoms. The number of carboxylic acids is 1. The van der Waals surface area contributed by atoms with Crippen LogP contribution in [0.4, 0.5) is 5.69 Å². The molecular formula is C25H23NO5. The zero-order valence-corrected chi connectivity index (χ0v) is 17.6. The molecule has 0 radical (unpaired) electrons. The molecule has 0 bridgehead atoms. The molecule has 3 aromatic carbocycles. The Labute approximate surface area is 180 Å². The molecule has 6 heteroatoms. The highest BCUT2D eigenvalue weighted by atomic mass is 16.6. The fraction of sp³-hybridized carbons (Fsp3) is 0.200. The molecule has 0 saturated carbocycles. The fourth-order valence-electron chi connectivity index (χ4n) is 3.92. The first-order chi connectivity index (χ1) is 14.7. The van der Waals surface area contributed by atoms with Crippen LogP contribution in [0.5, 0.6) is 0 Å². The second-order valence-electron chi connectivity index (χ2n) is 7.64. The van der Waals surface area contributed by atoms with Crippen LogP contribution < -0.4 is 0 Å². The molecule has 0 heterocycles. The number of nitro benzene ring substituents is 1. The average molecular weight is 417 g/mol. The number of benzene rings is 3. The molecule has 3 rings (SSSR count). The Bertz CT molecular complexity index is 1180. The predicted octanol–water partition coefficient (Wildman–Crippen LogP) is 5.23. The van der Waals surface area contributed by atoms with Crippen molar-refractivity contribution < 1.29 is 19.6 Å². The Kier molecular flexibility index (Phi) is 6.30. The second-order valence-corrected chi connectivity index (χ2v) is 7.64. The fourth-order valence-corrected chi connectivity index (χ4v) is 3.92. The van der Waals surface area contributed by atoms with E-state index in [-0.39, 0.29) is 23.5 Å². The van der Waals surface area contributed by atoms with Crippen molar-refractivity contribution in [3.8, 4) is 0 Å². The van der Waals surface area contributed by atoms with Crippen LogP contribution in [0.15, 0.2) is 54.6 Å². The first-order valence-corrected chi connectivity index (χ1v) is 9.86. The van der Waals surface area contributed by atoms with E-state index in [1.807, 2.05) is 39.0 Å². The van der Waals surface area contributed by atoms with Crippen LogP contribution in [0.2, 0.25) is 0 Å². The van der Waals surface area contributed by atoms with Crippen LogP contribution in [-0.2, 0) is 12.8 Å². The molecule has 31 heavy (non-hydrogen) atoms. The zero-order valence-electron chi connectivity index (χ0n) is 17.6. The van der Waals surface area contributed by atoms with E-state index < -0.39 is 10.9 Å². The van der Waals surface area contributed by atoms with Gasteiger partial charge in [0, 0.05) is 24.1 Å². The average Bonchev–Trinajstić information content (AvgIpc) is 2.74. The number of rotatable bonds is 7. The van der Waals surface area contributed by atoms with Crippen molar-refractivity contribution >= 4 is 17.4 Å². The number of nitro groups is 1. The molecule has 0 aliphatic heterocycles. The molecule has 1 N–H and O–H groups in total. The lowest BCUT2D eigenvalue weighted by atomic mass is 9.86. The summed E-state index contributed by atoms with van der Waals surface area (Å²) < 4.78 is 0. The molecule has 0 fully saturated rings. The van der Waals surface area contributed by atoms with Gasteiger partial charge in [-0.15, -0.1) is 0 Å². The zero-order chi connectivity index (χ0) is 22.7. The van der Waals surface area contributed by atoms with Gasteiger partial charge >= 0.3 is 5.97 Å². The van der Waals surface area contributed by atoms with Crippen molar-refractivity contribution in [2.75, 3.05) is 0 Å². The first kappa shape index (κ1) is 21.9. The van der Waals surface area contributed by atoms with E-state index in [1.165, 1.54) is 24.3 Å². The van der Waals surface area contributed by atoms with Gasteiger partial charge in [0.05, 0.1) is 10.5 Å². The van der Waals surface area contributed by atoms with E-state index in [2.05, 4.69) is 0 Å². The lowest BCUT2D eigenvalue weighted by Crippen LogP contribution is -2.10. The minimum Gasteiger partial charge on any atom is -0.478 e. The molecule has 0 aromatic heterocycles. The van der Waals surface area contributed by atoms with Gasteiger partial charge in [0.1, 0.15) is 0 Å². The number of non-ortho nitro benzene ring substituents is 1. The smallest absolute Gasteiger partial charge is 0.335 e. The Hall–Kier alpha value is -3.80. The minimum absolute atomic E-state index is 0.0568. The van der Waals surface area contributed by atoms with Crippen molar-refractivity contribution in [2.24, 2.45) is 0 Å². The Morgan fingerprint density at radius 1 is 0.935 bits per heavy atom. The molecule has 0 saturated heterocycles. The maximum absolute atomic E-state index is 12.9. The molecule has 3 aromatic rings. The highest BCUT2D eigenvalue weighted by molar-refractivity contribution is 5.98. The normalized spacial score (nSPS) is 10.7. The van der Waals surface area contributed by atoms with Crippen molar-refractivity contribution in [3.63, 3.8) is 0 Å².